The Hall–Kier alpha value is -3.91. The molecule has 0 bridgehead atoms. The number of amides is 2. The van der Waals surface area contributed by atoms with Gasteiger partial charge < -0.3 is 15.1 Å². The Morgan fingerprint density at radius 3 is 2.42 bits per heavy atom. The number of thioether (sulfide) groups is 1. The average molecular weight is 459 g/mol. The van der Waals surface area contributed by atoms with Gasteiger partial charge in [0.25, 0.3) is 11.1 Å². The molecule has 0 saturated carbocycles. The fraction of sp³-hybridized carbons (Fsp3) is 0.120. The van der Waals surface area contributed by atoms with E-state index < -0.39 is 0 Å². The summed E-state index contributed by atoms with van der Waals surface area (Å²) in [4.78, 5) is 25.2. The molecule has 0 aliphatic carbocycles. The lowest BCUT2D eigenvalue weighted by atomic mass is 10.1. The number of hydrogen-bond acceptors (Lipinski definition) is 6. The molecule has 1 heterocycles. The predicted molar refractivity (Wildman–Crippen MR) is 128 cm³/mol. The van der Waals surface area contributed by atoms with E-state index >= 15 is 0 Å². The molecule has 0 fully saturated rings. The number of anilines is 1. The Kier molecular flexibility index (Phi) is 7.16. The molecule has 1 aromatic heterocycles. The van der Waals surface area contributed by atoms with E-state index in [1.54, 1.807) is 24.3 Å². The number of carbonyl (C=O) groups is 2. The van der Waals surface area contributed by atoms with Gasteiger partial charge in [0.1, 0.15) is 0 Å². The summed E-state index contributed by atoms with van der Waals surface area (Å²) in [6.45, 7) is 2.42. The van der Waals surface area contributed by atoms with E-state index in [2.05, 4.69) is 20.8 Å². The number of nitrogens with one attached hydrogen (secondary N) is 2. The standard InChI is InChI=1S/C25H22N4O3S/c1-17-11-13-18(14-12-17)15-26-23(31)20-9-5-6-10-21(20)27-22(30)16-33-25-29-28-24(32-25)19-7-3-2-4-8-19/h2-14H,15-16H2,1H3,(H,26,31)(H,27,30). The Bertz CT molecular complexity index is 1240. The monoisotopic (exact) mass is 458 g/mol. The SMILES string of the molecule is Cc1ccc(CNC(=O)c2ccccc2NC(=O)CSc2nnc(-c3ccccc3)o2)cc1. The van der Waals surface area contributed by atoms with Crippen molar-refractivity contribution in [2.24, 2.45) is 0 Å². The van der Waals surface area contributed by atoms with E-state index in [4.69, 9.17) is 4.42 Å². The molecule has 166 valence electrons. The van der Waals surface area contributed by atoms with E-state index in [-0.39, 0.29) is 17.6 Å². The molecule has 0 aliphatic heterocycles. The van der Waals surface area contributed by atoms with Gasteiger partial charge in [-0.2, -0.15) is 0 Å². The number of rotatable bonds is 8. The normalized spacial score (nSPS) is 10.6. The van der Waals surface area contributed by atoms with Gasteiger partial charge in [-0.3, -0.25) is 9.59 Å². The molecule has 0 spiro atoms. The van der Waals surface area contributed by atoms with Crippen LogP contribution in [0, 0.1) is 6.92 Å². The maximum absolute atomic E-state index is 12.7. The van der Waals surface area contributed by atoms with Crippen molar-refractivity contribution in [2.45, 2.75) is 18.7 Å². The van der Waals surface area contributed by atoms with Gasteiger partial charge in [0.05, 0.1) is 17.0 Å². The fourth-order valence-electron chi connectivity index (χ4n) is 3.05. The highest BCUT2D eigenvalue weighted by Gasteiger charge is 2.15. The summed E-state index contributed by atoms with van der Waals surface area (Å²) in [6, 6.07) is 24.3. The largest absolute Gasteiger partial charge is 0.411 e. The van der Waals surface area contributed by atoms with E-state index in [9.17, 15) is 9.59 Å². The van der Waals surface area contributed by atoms with Crippen molar-refractivity contribution in [1.29, 1.82) is 0 Å². The molecular weight excluding hydrogens is 436 g/mol. The third kappa shape index (κ3) is 6.08. The molecule has 2 N–H and O–H groups in total. The zero-order chi connectivity index (χ0) is 23.0. The molecule has 0 aliphatic rings. The molecule has 7 nitrogen and oxygen atoms in total. The summed E-state index contributed by atoms with van der Waals surface area (Å²) in [5, 5.41) is 14.0. The molecule has 8 heteroatoms. The second kappa shape index (κ2) is 10.6. The predicted octanol–water partition coefficient (Wildman–Crippen LogP) is 4.71. The number of aromatic nitrogens is 2. The molecular formula is C25H22N4O3S. The molecule has 4 rings (SSSR count). The lowest BCUT2D eigenvalue weighted by Gasteiger charge is -2.11. The number of nitrogens with zero attached hydrogens (tertiary/aromatic N) is 2. The highest BCUT2D eigenvalue weighted by molar-refractivity contribution is 7.99. The van der Waals surface area contributed by atoms with Crippen LogP contribution in [0.2, 0.25) is 0 Å². The summed E-state index contributed by atoms with van der Waals surface area (Å²) < 4.78 is 5.61. The van der Waals surface area contributed by atoms with Gasteiger partial charge in [0.2, 0.25) is 11.8 Å². The number of aryl methyl sites for hydroxylation is 1. The molecule has 2 amide bonds. The summed E-state index contributed by atoms with van der Waals surface area (Å²) in [5.74, 6) is -0.0775. The van der Waals surface area contributed by atoms with Crippen molar-refractivity contribution >= 4 is 29.3 Å². The minimum absolute atomic E-state index is 0.0652. The summed E-state index contributed by atoms with van der Waals surface area (Å²) in [7, 11) is 0. The molecule has 0 radical (unpaired) electrons. The van der Waals surface area contributed by atoms with Crippen LogP contribution in [0.25, 0.3) is 11.5 Å². The molecule has 0 unspecified atom stereocenters. The van der Waals surface area contributed by atoms with Crippen LogP contribution in [0.4, 0.5) is 5.69 Å². The van der Waals surface area contributed by atoms with Crippen molar-refractivity contribution in [3.05, 3.63) is 95.6 Å². The first-order chi connectivity index (χ1) is 16.1. The van der Waals surface area contributed by atoms with Crippen molar-refractivity contribution in [2.75, 3.05) is 11.1 Å². The first kappa shape index (κ1) is 22.3. The van der Waals surface area contributed by atoms with Crippen molar-refractivity contribution < 1.29 is 14.0 Å². The van der Waals surface area contributed by atoms with Gasteiger partial charge in [-0.05, 0) is 36.8 Å². The van der Waals surface area contributed by atoms with Crippen LogP contribution in [-0.2, 0) is 11.3 Å². The maximum atomic E-state index is 12.7. The highest BCUT2D eigenvalue weighted by atomic mass is 32.2. The zero-order valence-corrected chi connectivity index (χ0v) is 18.8. The van der Waals surface area contributed by atoms with Crippen LogP contribution in [0.15, 0.2) is 88.5 Å². The summed E-state index contributed by atoms with van der Waals surface area (Å²) >= 11 is 1.13. The quantitative estimate of drug-likeness (QED) is 0.371. The molecule has 0 atom stereocenters. The van der Waals surface area contributed by atoms with Crippen LogP contribution in [0.5, 0.6) is 0 Å². The molecule has 33 heavy (non-hydrogen) atoms. The third-order valence-corrected chi connectivity index (χ3v) is 5.59. The minimum atomic E-state index is -0.279. The molecule has 4 aromatic rings. The topological polar surface area (TPSA) is 97.1 Å². The van der Waals surface area contributed by atoms with Gasteiger partial charge in [0, 0.05) is 12.1 Å². The van der Waals surface area contributed by atoms with Crippen LogP contribution in [0.3, 0.4) is 0 Å². The van der Waals surface area contributed by atoms with Crippen LogP contribution in [-0.4, -0.2) is 27.8 Å². The fourth-order valence-corrected chi connectivity index (χ4v) is 3.62. The molecule has 3 aromatic carbocycles. The highest BCUT2D eigenvalue weighted by Crippen LogP contribution is 2.23. The van der Waals surface area contributed by atoms with Gasteiger partial charge in [-0.25, -0.2) is 0 Å². The van der Waals surface area contributed by atoms with Crippen molar-refractivity contribution in [3.8, 4) is 11.5 Å². The van der Waals surface area contributed by atoms with Crippen LogP contribution < -0.4 is 10.6 Å². The Labute approximate surface area is 195 Å². The Balaban J connectivity index is 1.33. The number of para-hydroxylation sites is 1. The first-order valence-corrected chi connectivity index (χ1v) is 11.3. The van der Waals surface area contributed by atoms with Gasteiger partial charge >= 0.3 is 0 Å². The zero-order valence-electron chi connectivity index (χ0n) is 17.9. The minimum Gasteiger partial charge on any atom is -0.411 e. The van der Waals surface area contributed by atoms with Crippen LogP contribution >= 0.6 is 11.8 Å². The van der Waals surface area contributed by atoms with E-state index in [0.29, 0.717) is 28.9 Å². The summed E-state index contributed by atoms with van der Waals surface area (Å²) in [6.07, 6.45) is 0. The number of benzene rings is 3. The third-order valence-electron chi connectivity index (χ3n) is 4.77. The van der Waals surface area contributed by atoms with Crippen LogP contribution in [0.1, 0.15) is 21.5 Å². The van der Waals surface area contributed by atoms with E-state index in [1.165, 1.54) is 0 Å². The van der Waals surface area contributed by atoms with Gasteiger partial charge in [-0.1, -0.05) is 71.9 Å². The Morgan fingerprint density at radius 1 is 0.909 bits per heavy atom. The maximum Gasteiger partial charge on any atom is 0.277 e. The number of hydrogen-bond donors (Lipinski definition) is 2. The second-order valence-corrected chi connectivity index (χ2v) is 8.22. The van der Waals surface area contributed by atoms with Crippen molar-refractivity contribution in [3.63, 3.8) is 0 Å². The van der Waals surface area contributed by atoms with E-state index in [0.717, 1.165) is 28.5 Å². The first-order valence-electron chi connectivity index (χ1n) is 10.3. The van der Waals surface area contributed by atoms with Crippen molar-refractivity contribution in [1.82, 2.24) is 15.5 Å². The number of carbonyl (C=O) groups excluding carboxylic acids is 2. The average Bonchev–Trinajstić information content (AvgIpc) is 3.32. The lowest BCUT2D eigenvalue weighted by Crippen LogP contribution is -2.25. The van der Waals surface area contributed by atoms with Gasteiger partial charge in [0.15, 0.2) is 0 Å². The second-order valence-electron chi connectivity index (χ2n) is 7.29. The van der Waals surface area contributed by atoms with Gasteiger partial charge in [-0.15, -0.1) is 10.2 Å². The van der Waals surface area contributed by atoms with E-state index in [1.807, 2.05) is 61.5 Å². The molecule has 0 saturated heterocycles. The Morgan fingerprint density at radius 2 is 1.64 bits per heavy atom. The lowest BCUT2D eigenvalue weighted by molar-refractivity contribution is -0.113. The summed E-state index contributed by atoms with van der Waals surface area (Å²) in [5.41, 5.74) is 3.81. The smallest absolute Gasteiger partial charge is 0.277 e.